The maximum atomic E-state index is 12.6. The molecule has 1 aliphatic heterocycles. The number of amides is 1. The molecule has 0 spiro atoms. The highest BCUT2D eigenvalue weighted by Crippen LogP contribution is 2.22. The molecule has 8 heteroatoms. The van der Waals surface area contributed by atoms with Crippen LogP contribution in [-0.4, -0.2) is 51.7 Å². The lowest BCUT2D eigenvalue weighted by molar-refractivity contribution is -0.384. The zero-order valence-corrected chi connectivity index (χ0v) is 15.3. The molecule has 1 saturated heterocycles. The lowest BCUT2D eigenvalue weighted by Crippen LogP contribution is -2.49. The largest absolute Gasteiger partial charge is 0.368 e. The molecule has 26 heavy (non-hydrogen) atoms. The number of nitrogens with zero attached hydrogens (tertiary/aromatic N) is 5. The van der Waals surface area contributed by atoms with E-state index < -0.39 is 0 Å². The first-order valence-corrected chi connectivity index (χ1v) is 8.63. The van der Waals surface area contributed by atoms with E-state index in [9.17, 15) is 14.9 Å². The standard InChI is InChI=1S/C18H23N5O3/c1-13-17(14(2)20(3)19-13)12-18(24)22-9-7-21(8-10-22)15-5-4-6-16(11-15)23(25)26/h4-6,11H,7-10,12H2,1-3H3. The molecule has 0 radical (unpaired) electrons. The number of non-ortho nitro benzene ring substituents is 1. The van der Waals surface area contributed by atoms with E-state index in [4.69, 9.17) is 0 Å². The predicted octanol–water partition coefficient (Wildman–Crippen LogP) is 1.84. The summed E-state index contributed by atoms with van der Waals surface area (Å²) in [5.41, 5.74) is 3.83. The smallest absolute Gasteiger partial charge is 0.271 e. The number of rotatable bonds is 4. The summed E-state index contributed by atoms with van der Waals surface area (Å²) in [5, 5.41) is 15.3. The van der Waals surface area contributed by atoms with Crippen molar-refractivity contribution in [2.75, 3.05) is 31.1 Å². The number of nitro groups is 1. The van der Waals surface area contributed by atoms with Crippen molar-refractivity contribution in [3.05, 3.63) is 51.3 Å². The van der Waals surface area contributed by atoms with Crippen LogP contribution in [0, 0.1) is 24.0 Å². The van der Waals surface area contributed by atoms with Gasteiger partial charge in [0.15, 0.2) is 0 Å². The third-order valence-corrected chi connectivity index (χ3v) is 5.02. The molecule has 1 fully saturated rings. The number of carbonyl (C=O) groups excluding carboxylic acids is 1. The number of aryl methyl sites for hydroxylation is 2. The number of aromatic nitrogens is 2. The minimum atomic E-state index is -0.387. The lowest BCUT2D eigenvalue weighted by Gasteiger charge is -2.36. The maximum Gasteiger partial charge on any atom is 0.271 e. The van der Waals surface area contributed by atoms with Gasteiger partial charge in [0, 0.05) is 62.3 Å². The zero-order chi connectivity index (χ0) is 18.8. The molecule has 3 rings (SSSR count). The summed E-state index contributed by atoms with van der Waals surface area (Å²) in [6.45, 7) is 6.45. The molecule has 1 aromatic heterocycles. The fourth-order valence-corrected chi connectivity index (χ4v) is 3.35. The molecule has 1 amide bonds. The van der Waals surface area contributed by atoms with Crippen LogP contribution in [0.15, 0.2) is 24.3 Å². The van der Waals surface area contributed by atoms with Crippen LogP contribution < -0.4 is 4.90 Å². The predicted molar refractivity (Wildman–Crippen MR) is 98.3 cm³/mol. The lowest BCUT2D eigenvalue weighted by atomic mass is 10.1. The number of hydrogen-bond donors (Lipinski definition) is 0. The minimum absolute atomic E-state index is 0.0866. The number of benzene rings is 1. The van der Waals surface area contributed by atoms with E-state index in [-0.39, 0.29) is 16.5 Å². The molecule has 8 nitrogen and oxygen atoms in total. The van der Waals surface area contributed by atoms with Gasteiger partial charge in [-0.15, -0.1) is 0 Å². The number of nitro benzene ring substituents is 1. The van der Waals surface area contributed by atoms with E-state index in [2.05, 4.69) is 10.00 Å². The van der Waals surface area contributed by atoms with Crippen LogP contribution in [0.25, 0.3) is 0 Å². The van der Waals surface area contributed by atoms with Crippen molar-refractivity contribution in [1.82, 2.24) is 14.7 Å². The summed E-state index contributed by atoms with van der Waals surface area (Å²) in [7, 11) is 1.88. The monoisotopic (exact) mass is 357 g/mol. The number of anilines is 1. The molecule has 0 saturated carbocycles. The van der Waals surface area contributed by atoms with Crippen molar-refractivity contribution in [3.63, 3.8) is 0 Å². The first-order valence-electron chi connectivity index (χ1n) is 8.63. The minimum Gasteiger partial charge on any atom is -0.368 e. The van der Waals surface area contributed by atoms with Gasteiger partial charge in [-0.1, -0.05) is 6.07 Å². The second-order valence-corrected chi connectivity index (χ2v) is 6.59. The third kappa shape index (κ3) is 3.54. The van der Waals surface area contributed by atoms with Gasteiger partial charge in [0.05, 0.1) is 17.0 Å². The van der Waals surface area contributed by atoms with E-state index in [0.717, 1.165) is 22.6 Å². The van der Waals surface area contributed by atoms with Crippen molar-refractivity contribution in [2.24, 2.45) is 7.05 Å². The average molecular weight is 357 g/mol. The summed E-state index contributed by atoms with van der Waals surface area (Å²) in [4.78, 5) is 27.1. The third-order valence-electron chi connectivity index (χ3n) is 5.02. The van der Waals surface area contributed by atoms with Crippen LogP contribution in [0.1, 0.15) is 17.0 Å². The summed E-state index contributed by atoms with van der Waals surface area (Å²) in [6, 6.07) is 6.63. The molecule has 1 aliphatic rings. The van der Waals surface area contributed by atoms with E-state index in [1.54, 1.807) is 16.8 Å². The van der Waals surface area contributed by atoms with Crippen LogP contribution in [0.4, 0.5) is 11.4 Å². The van der Waals surface area contributed by atoms with Gasteiger partial charge in [-0.2, -0.15) is 5.10 Å². The van der Waals surface area contributed by atoms with E-state index in [0.29, 0.717) is 32.6 Å². The first kappa shape index (κ1) is 17.9. The van der Waals surface area contributed by atoms with Crippen molar-refractivity contribution in [2.45, 2.75) is 20.3 Å². The molecule has 1 aromatic carbocycles. The Balaban J connectivity index is 1.62. The van der Waals surface area contributed by atoms with Gasteiger partial charge in [0.25, 0.3) is 5.69 Å². The van der Waals surface area contributed by atoms with Gasteiger partial charge in [-0.3, -0.25) is 19.6 Å². The Bertz CT molecular complexity index is 837. The molecule has 0 N–H and O–H groups in total. The van der Waals surface area contributed by atoms with Gasteiger partial charge in [0.2, 0.25) is 5.91 Å². The molecule has 2 heterocycles. The van der Waals surface area contributed by atoms with Gasteiger partial charge in [-0.05, 0) is 19.9 Å². The fraction of sp³-hybridized carbons (Fsp3) is 0.444. The molecule has 2 aromatic rings. The van der Waals surface area contributed by atoms with Crippen molar-refractivity contribution in [1.29, 1.82) is 0 Å². The number of carbonyl (C=O) groups is 1. The fourth-order valence-electron chi connectivity index (χ4n) is 3.35. The quantitative estimate of drug-likeness (QED) is 0.616. The van der Waals surface area contributed by atoms with Crippen LogP contribution in [-0.2, 0) is 18.3 Å². The molecule has 0 atom stereocenters. The Labute approximate surface area is 152 Å². The van der Waals surface area contributed by atoms with E-state index >= 15 is 0 Å². The summed E-state index contributed by atoms with van der Waals surface area (Å²) < 4.78 is 1.80. The van der Waals surface area contributed by atoms with Crippen molar-refractivity contribution in [3.8, 4) is 0 Å². The normalized spacial score (nSPS) is 14.6. The maximum absolute atomic E-state index is 12.6. The van der Waals surface area contributed by atoms with Crippen molar-refractivity contribution >= 4 is 17.3 Å². The molecule has 0 aliphatic carbocycles. The van der Waals surface area contributed by atoms with Crippen LogP contribution in [0.3, 0.4) is 0 Å². The topological polar surface area (TPSA) is 84.5 Å². The summed E-state index contributed by atoms with van der Waals surface area (Å²) in [5.74, 6) is 0.0999. The second-order valence-electron chi connectivity index (χ2n) is 6.59. The first-order chi connectivity index (χ1) is 12.4. The molecule has 0 bridgehead atoms. The number of hydrogen-bond acceptors (Lipinski definition) is 5. The van der Waals surface area contributed by atoms with Gasteiger partial charge in [0.1, 0.15) is 0 Å². The van der Waals surface area contributed by atoms with Crippen LogP contribution in [0.2, 0.25) is 0 Å². The second kappa shape index (κ2) is 7.15. The Hall–Kier alpha value is -2.90. The Morgan fingerprint density at radius 2 is 1.92 bits per heavy atom. The molecule has 0 unspecified atom stereocenters. The van der Waals surface area contributed by atoms with E-state index in [1.165, 1.54) is 6.07 Å². The highest BCUT2D eigenvalue weighted by atomic mass is 16.6. The van der Waals surface area contributed by atoms with Crippen molar-refractivity contribution < 1.29 is 9.72 Å². The van der Waals surface area contributed by atoms with Gasteiger partial charge < -0.3 is 9.80 Å². The van der Waals surface area contributed by atoms with E-state index in [1.807, 2.05) is 31.9 Å². The van der Waals surface area contributed by atoms with Gasteiger partial charge >= 0.3 is 0 Å². The van der Waals surface area contributed by atoms with Crippen LogP contribution in [0.5, 0.6) is 0 Å². The Morgan fingerprint density at radius 1 is 1.23 bits per heavy atom. The van der Waals surface area contributed by atoms with Crippen LogP contribution >= 0.6 is 0 Å². The molecular weight excluding hydrogens is 334 g/mol. The highest BCUT2D eigenvalue weighted by molar-refractivity contribution is 5.79. The average Bonchev–Trinajstić information content (AvgIpc) is 2.88. The SMILES string of the molecule is Cc1nn(C)c(C)c1CC(=O)N1CCN(c2cccc([N+](=O)[O-])c2)CC1. The van der Waals surface area contributed by atoms with Gasteiger partial charge in [-0.25, -0.2) is 0 Å². The highest BCUT2D eigenvalue weighted by Gasteiger charge is 2.24. The zero-order valence-electron chi connectivity index (χ0n) is 15.3. The molecular formula is C18H23N5O3. The Kier molecular flexibility index (Phi) is 4.92. The summed E-state index contributed by atoms with van der Waals surface area (Å²) >= 11 is 0. The summed E-state index contributed by atoms with van der Waals surface area (Å²) in [6.07, 6.45) is 0.363. The number of piperazine rings is 1. The Morgan fingerprint density at radius 3 is 2.50 bits per heavy atom. The molecule has 138 valence electrons.